The maximum absolute atomic E-state index is 12.9. The van der Waals surface area contributed by atoms with Crippen LogP contribution in [0.25, 0.3) is 10.9 Å². The first-order valence-electron chi connectivity index (χ1n) is 11.1. The van der Waals surface area contributed by atoms with Gasteiger partial charge in [0.2, 0.25) is 0 Å². The molecule has 2 aromatic carbocycles. The van der Waals surface area contributed by atoms with E-state index in [4.69, 9.17) is 18.9 Å². The van der Waals surface area contributed by atoms with Crippen molar-refractivity contribution >= 4 is 29.1 Å². The fraction of sp³-hybridized carbons (Fsp3) is 0.346. The molecule has 9 heteroatoms. The molecule has 0 saturated heterocycles. The average Bonchev–Trinajstić information content (AvgIpc) is 3.20. The Morgan fingerprint density at radius 3 is 2.34 bits per heavy atom. The summed E-state index contributed by atoms with van der Waals surface area (Å²) >= 11 is 0. The van der Waals surface area contributed by atoms with Gasteiger partial charge in [0.15, 0.2) is 0 Å². The number of hydrogen-bond donors (Lipinski definition) is 1. The van der Waals surface area contributed by atoms with Crippen LogP contribution < -0.4 is 10.1 Å². The predicted octanol–water partition coefficient (Wildman–Crippen LogP) is 4.44. The van der Waals surface area contributed by atoms with Crippen molar-refractivity contribution in [1.29, 1.82) is 0 Å². The van der Waals surface area contributed by atoms with Crippen molar-refractivity contribution in [2.45, 2.75) is 45.4 Å². The first-order chi connectivity index (χ1) is 16.6. The van der Waals surface area contributed by atoms with Crippen molar-refractivity contribution in [2.75, 3.05) is 14.2 Å². The summed E-state index contributed by atoms with van der Waals surface area (Å²) in [7, 11) is 2.75. The smallest absolute Gasteiger partial charge is 0.419 e. The molecule has 0 aliphatic carbocycles. The maximum atomic E-state index is 12.9. The van der Waals surface area contributed by atoms with Crippen LogP contribution in [0.4, 0.5) is 9.59 Å². The summed E-state index contributed by atoms with van der Waals surface area (Å²) < 4.78 is 22.6. The first-order valence-corrected chi connectivity index (χ1v) is 11.1. The van der Waals surface area contributed by atoms with Gasteiger partial charge in [0.25, 0.3) is 0 Å². The van der Waals surface area contributed by atoms with E-state index in [1.165, 1.54) is 18.8 Å². The van der Waals surface area contributed by atoms with Crippen LogP contribution >= 0.6 is 0 Å². The summed E-state index contributed by atoms with van der Waals surface area (Å²) in [5.74, 6) is -0.148. The Morgan fingerprint density at radius 1 is 1.00 bits per heavy atom. The highest BCUT2D eigenvalue weighted by atomic mass is 16.6. The van der Waals surface area contributed by atoms with Gasteiger partial charge >= 0.3 is 18.2 Å². The number of benzene rings is 2. The van der Waals surface area contributed by atoms with E-state index < -0.39 is 29.8 Å². The van der Waals surface area contributed by atoms with Gasteiger partial charge in [-0.1, -0.05) is 36.4 Å². The minimum absolute atomic E-state index is 0.0276. The first kappa shape index (κ1) is 25.6. The number of esters is 1. The number of nitrogens with one attached hydrogen (secondary N) is 1. The van der Waals surface area contributed by atoms with Gasteiger partial charge in [-0.25, -0.2) is 14.4 Å². The second-order valence-electron chi connectivity index (χ2n) is 8.85. The monoisotopic (exact) mass is 482 g/mol. The Hall–Kier alpha value is -4.01. The van der Waals surface area contributed by atoms with Crippen LogP contribution in [0.2, 0.25) is 0 Å². The van der Waals surface area contributed by atoms with Gasteiger partial charge < -0.3 is 24.3 Å². The number of rotatable bonds is 7. The van der Waals surface area contributed by atoms with E-state index >= 15 is 0 Å². The molecule has 1 amide bonds. The molecule has 9 nitrogen and oxygen atoms in total. The van der Waals surface area contributed by atoms with E-state index in [9.17, 15) is 14.4 Å². The molecule has 0 saturated carbocycles. The number of hydrogen-bond acceptors (Lipinski definition) is 7. The van der Waals surface area contributed by atoms with Crippen molar-refractivity contribution in [1.82, 2.24) is 9.88 Å². The number of alkyl carbamates (subject to hydrolysis) is 1. The van der Waals surface area contributed by atoms with Gasteiger partial charge in [-0.05, 0) is 44.0 Å². The zero-order chi connectivity index (χ0) is 25.6. The lowest BCUT2D eigenvalue weighted by molar-refractivity contribution is -0.143. The van der Waals surface area contributed by atoms with Crippen LogP contribution in [0.5, 0.6) is 5.75 Å². The van der Waals surface area contributed by atoms with E-state index in [1.807, 2.05) is 30.3 Å². The molecule has 0 bridgehead atoms. The Bertz CT molecular complexity index is 1200. The lowest BCUT2D eigenvalue weighted by Gasteiger charge is -2.19. The number of nitrogens with zero attached hydrogens (tertiary/aromatic N) is 1. The third kappa shape index (κ3) is 6.53. The SMILES string of the molecule is COC(=O)[C@H](Cc1cn(C(=O)OC(C)(C)C)c2cccc(OC)c12)NC(=O)OCc1ccccc1. The lowest BCUT2D eigenvalue weighted by Crippen LogP contribution is -2.43. The van der Waals surface area contributed by atoms with Crippen LogP contribution in [0.3, 0.4) is 0 Å². The second-order valence-corrected chi connectivity index (χ2v) is 8.85. The fourth-order valence-electron chi connectivity index (χ4n) is 3.58. The Kier molecular flexibility index (Phi) is 8.01. The molecule has 0 unspecified atom stereocenters. The van der Waals surface area contributed by atoms with Crippen LogP contribution in [-0.4, -0.2) is 48.6 Å². The molecule has 3 aromatic rings. The number of aromatic nitrogens is 1. The molecule has 0 aliphatic heterocycles. The highest BCUT2D eigenvalue weighted by molar-refractivity contribution is 5.96. The third-order valence-electron chi connectivity index (χ3n) is 5.09. The molecular weight excluding hydrogens is 452 g/mol. The molecule has 1 heterocycles. The summed E-state index contributed by atoms with van der Waals surface area (Å²) in [5, 5.41) is 3.18. The van der Waals surface area contributed by atoms with Gasteiger partial charge in [0.05, 0.1) is 19.7 Å². The van der Waals surface area contributed by atoms with E-state index in [0.717, 1.165) is 5.56 Å². The highest BCUT2D eigenvalue weighted by Crippen LogP contribution is 2.32. The molecule has 1 aromatic heterocycles. The maximum Gasteiger partial charge on any atom is 0.419 e. The Balaban J connectivity index is 1.89. The summed E-state index contributed by atoms with van der Waals surface area (Å²) in [6, 6.07) is 13.4. The quantitative estimate of drug-likeness (QED) is 0.392. The predicted molar refractivity (Wildman–Crippen MR) is 129 cm³/mol. The average molecular weight is 483 g/mol. The molecule has 1 atom stereocenters. The minimum Gasteiger partial charge on any atom is -0.496 e. The topological polar surface area (TPSA) is 105 Å². The molecular formula is C26H30N2O7. The number of carbonyl (C=O) groups excluding carboxylic acids is 3. The number of ether oxygens (including phenoxy) is 4. The lowest BCUT2D eigenvalue weighted by atomic mass is 10.0. The Morgan fingerprint density at radius 2 is 1.71 bits per heavy atom. The third-order valence-corrected chi connectivity index (χ3v) is 5.09. The number of amides is 1. The largest absolute Gasteiger partial charge is 0.496 e. The van der Waals surface area contributed by atoms with Crippen LogP contribution in [0.15, 0.2) is 54.7 Å². The van der Waals surface area contributed by atoms with Crippen LogP contribution in [0, 0.1) is 0 Å². The standard InChI is InChI=1S/C26H30N2O7/c1-26(2,3)35-25(31)28-15-18(22-20(28)12-9-13-21(22)32-4)14-19(23(29)33-5)27-24(30)34-16-17-10-7-6-8-11-17/h6-13,15,19H,14,16H2,1-5H3,(H,27,30)/t19-/m0/s1. The molecule has 35 heavy (non-hydrogen) atoms. The normalized spacial score (nSPS) is 12.0. The van der Waals surface area contributed by atoms with E-state index in [2.05, 4.69) is 5.32 Å². The summed E-state index contributed by atoms with van der Waals surface area (Å²) in [6.07, 6.45) is 0.257. The molecule has 186 valence electrons. The van der Waals surface area contributed by atoms with Gasteiger partial charge in [-0.3, -0.25) is 4.57 Å². The van der Waals surface area contributed by atoms with E-state index in [0.29, 0.717) is 22.2 Å². The molecule has 0 spiro atoms. The zero-order valence-corrected chi connectivity index (χ0v) is 20.5. The van der Waals surface area contributed by atoms with Crippen LogP contribution in [0.1, 0.15) is 31.9 Å². The molecule has 0 aliphatic rings. The summed E-state index contributed by atoms with van der Waals surface area (Å²) in [5.41, 5.74) is 1.24. The molecule has 1 N–H and O–H groups in total. The highest BCUT2D eigenvalue weighted by Gasteiger charge is 2.27. The molecule has 3 rings (SSSR count). The van der Waals surface area contributed by atoms with E-state index in [-0.39, 0.29) is 13.0 Å². The number of fused-ring (bicyclic) bond motifs is 1. The fourth-order valence-corrected chi connectivity index (χ4v) is 3.58. The van der Waals surface area contributed by atoms with Gasteiger partial charge in [0.1, 0.15) is 24.0 Å². The summed E-state index contributed by atoms with van der Waals surface area (Å²) in [6.45, 7) is 5.37. The van der Waals surface area contributed by atoms with Crippen molar-refractivity contribution in [3.63, 3.8) is 0 Å². The van der Waals surface area contributed by atoms with Crippen molar-refractivity contribution in [3.05, 3.63) is 65.9 Å². The van der Waals surface area contributed by atoms with Gasteiger partial charge in [0, 0.05) is 18.0 Å². The van der Waals surface area contributed by atoms with Gasteiger partial charge in [-0.15, -0.1) is 0 Å². The van der Waals surface area contributed by atoms with Crippen molar-refractivity contribution < 1.29 is 33.3 Å². The van der Waals surface area contributed by atoms with Crippen molar-refractivity contribution in [2.24, 2.45) is 0 Å². The van der Waals surface area contributed by atoms with Crippen LogP contribution in [-0.2, 0) is 32.0 Å². The van der Waals surface area contributed by atoms with Gasteiger partial charge in [-0.2, -0.15) is 0 Å². The molecule has 0 radical (unpaired) electrons. The number of carbonyl (C=O) groups is 3. The second kappa shape index (κ2) is 10.9. The van der Waals surface area contributed by atoms with E-state index in [1.54, 1.807) is 45.2 Å². The molecule has 0 fully saturated rings. The summed E-state index contributed by atoms with van der Waals surface area (Å²) in [4.78, 5) is 37.9. The van der Waals surface area contributed by atoms with Crippen molar-refractivity contribution in [3.8, 4) is 5.75 Å². The minimum atomic E-state index is -1.06. The Labute approximate surface area is 203 Å². The zero-order valence-electron chi connectivity index (χ0n) is 20.5. The number of methoxy groups -OCH3 is 2.